The Bertz CT molecular complexity index is 329. The zero-order valence-corrected chi connectivity index (χ0v) is 8.15. The predicted molar refractivity (Wildman–Crippen MR) is 48.1 cm³/mol. The van der Waals surface area contributed by atoms with Gasteiger partial charge in [-0.2, -0.15) is 0 Å². The lowest BCUT2D eigenvalue weighted by atomic mass is 10.3. The van der Waals surface area contributed by atoms with Crippen molar-refractivity contribution >= 4 is 17.3 Å². The van der Waals surface area contributed by atoms with Gasteiger partial charge in [0.25, 0.3) is 0 Å². The van der Waals surface area contributed by atoms with Crippen LogP contribution >= 0.6 is 11.6 Å². The molecule has 0 fully saturated rings. The van der Waals surface area contributed by atoms with Gasteiger partial charge in [0.1, 0.15) is 5.75 Å². The van der Waals surface area contributed by atoms with Crippen molar-refractivity contribution < 1.29 is 20.3 Å². The lowest BCUT2D eigenvalue weighted by Gasteiger charge is -2.19. The maximum Gasteiger partial charge on any atom is 0.137 e. The molecule has 1 rings (SSSR count). The summed E-state index contributed by atoms with van der Waals surface area (Å²) in [6.45, 7) is 2.12. The highest BCUT2D eigenvalue weighted by Gasteiger charge is 2.07. The number of rotatable bonds is 3. The average Bonchev–Trinajstić information content (AvgIpc) is 2.10. The second kappa shape index (κ2) is 4.36. The van der Waals surface area contributed by atoms with Crippen LogP contribution in [0.2, 0.25) is 5.02 Å². The number of nitrogens with zero attached hydrogens (tertiary/aromatic N) is 1. The number of benzene rings is 1. The van der Waals surface area contributed by atoms with E-state index in [4.69, 9.17) is 26.8 Å². The molecule has 0 spiro atoms. The van der Waals surface area contributed by atoms with Crippen LogP contribution in [0.25, 0.3) is 0 Å². The molecular weight excluding hydrogens is 210 g/mol. The Balaban J connectivity index is 3.10. The topological polar surface area (TPSA) is 76.0 Å². The minimum Gasteiger partial charge on any atom is -0.871 e. The first-order valence-electron chi connectivity index (χ1n) is 3.87. The van der Waals surface area contributed by atoms with Gasteiger partial charge >= 0.3 is 0 Å². The quantitative estimate of drug-likeness (QED) is 0.750. The van der Waals surface area contributed by atoms with Gasteiger partial charge < -0.3 is 9.84 Å². The van der Waals surface area contributed by atoms with Gasteiger partial charge in [-0.15, -0.1) is 5.23 Å². The van der Waals surface area contributed by atoms with Gasteiger partial charge in [0.05, 0.1) is 17.3 Å². The molecule has 0 bridgehead atoms. The molecule has 78 valence electrons. The Hall–Kier alpha value is -1.17. The molecule has 0 unspecified atom stereocenters. The summed E-state index contributed by atoms with van der Waals surface area (Å²) in [5.74, 6) is -0.354. The Labute approximate surface area is 85.6 Å². The van der Waals surface area contributed by atoms with E-state index in [1.54, 1.807) is 6.92 Å². The number of halogens is 1. The lowest BCUT2D eigenvalue weighted by Crippen LogP contribution is -2.13. The number of ether oxygens (including phenoxy) is 1. The molecule has 0 radical (unpaired) electrons. The summed E-state index contributed by atoms with van der Waals surface area (Å²) < 4.78 is 5.04. The molecule has 0 atom stereocenters. The van der Waals surface area contributed by atoms with Crippen LogP contribution in [0.4, 0.5) is 5.69 Å². The molecule has 0 aliphatic rings. The van der Waals surface area contributed by atoms with Gasteiger partial charge in [-0.25, -0.2) is 0 Å². The third kappa shape index (κ3) is 2.20. The Morgan fingerprint density at radius 2 is 2.14 bits per heavy atom. The monoisotopic (exact) mass is 218 g/mol. The fourth-order valence-electron chi connectivity index (χ4n) is 0.947. The van der Waals surface area contributed by atoms with Gasteiger partial charge in [-0.05, 0) is 19.1 Å². The van der Waals surface area contributed by atoms with Crippen LogP contribution in [-0.4, -0.2) is 17.0 Å². The van der Waals surface area contributed by atoms with Crippen molar-refractivity contribution in [1.82, 2.24) is 0 Å². The molecule has 0 saturated carbocycles. The summed E-state index contributed by atoms with van der Waals surface area (Å²) in [6.07, 6.45) is 0. The van der Waals surface area contributed by atoms with E-state index in [1.807, 2.05) is 0 Å². The maximum atomic E-state index is 11.2. The summed E-state index contributed by atoms with van der Waals surface area (Å²) in [5, 5.41) is 28.4. The van der Waals surface area contributed by atoms with Crippen molar-refractivity contribution in [3.05, 3.63) is 17.2 Å². The number of anilines is 1. The molecule has 0 aliphatic carbocycles. The first-order valence-corrected chi connectivity index (χ1v) is 4.25. The van der Waals surface area contributed by atoms with E-state index in [0.717, 1.165) is 12.1 Å². The summed E-state index contributed by atoms with van der Waals surface area (Å²) in [4.78, 5) is 0. The van der Waals surface area contributed by atoms with Crippen molar-refractivity contribution in [1.29, 1.82) is 0 Å². The van der Waals surface area contributed by atoms with Gasteiger partial charge in [-0.3, -0.25) is 10.4 Å². The van der Waals surface area contributed by atoms with Gasteiger partial charge in [0, 0.05) is 0 Å². The van der Waals surface area contributed by atoms with Crippen LogP contribution in [0, 0.1) is 0 Å². The third-order valence-electron chi connectivity index (χ3n) is 1.53. The van der Waals surface area contributed by atoms with Crippen LogP contribution in [0.15, 0.2) is 12.1 Å². The fourth-order valence-corrected chi connectivity index (χ4v) is 1.16. The molecular formula is C8H9ClNO4-. The van der Waals surface area contributed by atoms with Crippen LogP contribution in [0.1, 0.15) is 6.92 Å². The Kier molecular flexibility index (Phi) is 3.40. The van der Waals surface area contributed by atoms with E-state index in [0.29, 0.717) is 6.61 Å². The van der Waals surface area contributed by atoms with E-state index in [2.05, 4.69) is 0 Å². The van der Waals surface area contributed by atoms with Gasteiger partial charge in [0.2, 0.25) is 0 Å². The van der Waals surface area contributed by atoms with Crippen LogP contribution in [0.3, 0.4) is 0 Å². The fraction of sp³-hybridized carbons (Fsp3) is 0.250. The van der Waals surface area contributed by atoms with Crippen molar-refractivity contribution in [3.63, 3.8) is 0 Å². The van der Waals surface area contributed by atoms with E-state index >= 15 is 0 Å². The first-order chi connectivity index (χ1) is 6.56. The van der Waals surface area contributed by atoms with Crippen LogP contribution < -0.4 is 15.1 Å². The van der Waals surface area contributed by atoms with E-state index < -0.39 is 5.75 Å². The Morgan fingerprint density at radius 3 is 2.64 bits per heavy atom. The average molecular weight is 219 g/mol. The van der Waals surface area contributed by atoms with Crippen molar-refractivity contribution in [2.45, 2.75) is 6.92 Å². The Morgan fingerprint density at radius 1 is 1.50 bits per heavy atom. The maximum absolute atomic E-state index is 11.2. The first kappa shape index (κ1) is 10.9. The van der Waals surface area contributed by atoms with E-state index in [-0.39, 0.29) is 21.7 Å². The SMILES string of the molecule is CCOc1cc([O-])c(N(O)O)cc1Cl. The lowest BCUT2D eigenvalue weighted by molar-refractivity contribution is -0.268. The molecule has 1 aromatic rings. The van der Waals surface area contributed by atoms with Crippen LogP contribution in [0.5, 0.6) is 11.5 Å². The van der Waals surface area contributed by atoms with Crippen molar-refractivity contribution in [2.75, 3.05) is 11.8 Å². The summed E-state index contributed by atoms with van der Waals surface area (Å²) >= 11 is 5.71. The van der Waals surface area contributed by atoms with E-state index in [1.165, 1.54) is 0 Å². The molecule has 6 heteroatoms. The smallest absolute Gasteiger partial charge is 0.137 e. The molecule has 1 aromatic carbocycles. The second-order valence-electron chi connectivity index (χ2n) is 2.47. The highest BCUT2D eigenvalue weighted by atomic mass is 35.5. The van der Waals surface area contributed by atoms with E-state index in [9.17, 15) is 5.11 Å². The zero-order valence-electron chi connectivity index (χ0n) is 7.40. The highest BCUT2D eigenvalue weighted by Crippen LogP contribution is 2.34. The predicted octanol–water partition coefficient (Wildman–Crippen LogP) is 1.40. The third-order valence-corrected chi connectivity index (χ3v) is 1.82. The molecule has 2 N–H and O–H groups in total. The normalized spacial score (nSPS) is 10.0. The molecule has 5 nitrogen and oxygen atoms in total. The van der Waals surface area contributed by atoms with Crippen LogP contribution in [-0.2, 0) is 0 Å². The molecule has 14 heavy (non-hydrogen) atoms. The summed E-state index contributed by atoms with van der Waals surface area (Å²) in [5.41, 5.74) is -0.321. The summed E-state index contributed by atoms with van der Waals surface area (Å²) in [6, 6.07) is 2.22. The number of hydrogen-bond acceptors (Lipinski definition) is 5. The summed E-state index contributed by atoms with van der Waals surface area (Å²) in [7, 11) is 0. The van der Waals surface area contributed by atoms with Crippen molar-refractivity contribution in [3.8, 4) is 11.5 Å². The second-order valence-corrected chi connectivity index (χ2v) is 2.88. The zero-order chi connectivity index (χ0) is 10.7. The standard InChI is InChI=1S/C8H10ClNO4/c1-2-14-8-4-7(11)6(10(12)13)3-5(8)9/h3-4,11-13H,2H2,1H3/p-1. The minimum atomic E-state index is -0.581. The molecule has 0 aromatic heterocycles. The molecule has 0 saturated heterocycles. The van der Waals surface area contributed by atoms with Gasteiger partial charge in [-0.1, -0.05) is 17.4 Å². The largest absolute Gasteiger partial charge is 0.871 e. The minimum absolute atomic E-state index is 0.148. The molecule has 0 aliphatic heterocycles. The molecule has 0 heterocycles. The molecule has 0 amide bonds. The highest BCUT2D eigenvalue weighted by molar-refractivity contribution is 6.32. The van der Waals surface area contributed by atoms with Gasteiger partial charge in [0.15, 0.2) is 0 Å². The van der Waals surface area contributed by atoms with Crippen molar-refractivity contribution in [2.24, 2.45) is 0 Å². The number of hydrogen-bond donors (Lipinski definition) is 2.